The number of hydrogen-bond donors (Lipinski definition) is 1. The number of para-hydroxylation sites is 1. The number of anilines is 1. The third-order valence-corrected chi connectivity index (χ3v) is 2.88. The standard InChI is InChI=1S/C13H18N2/c1-2-6-13-11-14-9-10-15(13)12-7-4-3-5-8-12/h2-5,7-8,13-14H,1,6,9-11H2. The first-order chi connectivity index (χ1) is 7.42. The smallest absolute Gasteiger partial charge is 0.0449 e. The summed E-state index contributed by atoms with van der Waals surface area (Å²) < 4.78 is 0. The summed E-state index contributed by atoms with van der Waals surface area (Å²) in [5.41, 5.74) is 1.32. The Morgan fingerprint density at radius 2 is 2.20 bits per heavy atom. The summed E-state index contributed by atoms with van der Waals surface area (Å²) in [6.07, 6.45) is 3.05. The van der Waals surface area contributed by atoms with Crippen LogP contribution in [0.25, 0.3) is 0 Å². The molecule has 1 heterocycles. The van der Waals surface area contributed by atoms with Gasteiger partial charge in [-0.2, -0.15) is 0 Å². The lowest BCUT2D eigenvalue weighted by Crippen LogP contribution is -2.51. The van der Waals surface area contributed by atoms with Gasteiger partial charge in [0.2, 0.25) is 0 Å². The Balaban J connectivity index is 2.14. The minimum absolute atomic E-state index is 0.554. The Morgan fingerprint density at radius 1 is 1.40 bits per heavy atom. The van der Waals surface area contributed by atoms with Crippen LogP contribution in [0.3, 0.4) is 0 Å². The van der Waals surface area contributed by atoms with Gasteiger partial charge in [-0.15, -0.1) is 6.58 Å². The predicted molar refractivity (Wildman–Crippen MR) is 65.3 cm³/mol. The monoisotopic (exact) mass is 202 g/mol. The maximum absolute atomic E-state index is 3.83. The van der Waals surface area contributed by atoms with Crippen molar-refractivity contribution in [1.29, 1.82) is 0 Å². The van der Waals surface area contributed by atoms with E-state index in [1.807, 2.05) is 6.08 Å². The van der Waals surface area contributed by atoms with Crippen LogP contribution in [0.5, 0.6) is 0 Å². The van der Waals surface area contributed by atoms with Gasteiger partial charge in [0.15, 0.2) is 0 Å². The minimum Gasteiger partial charge on any atom is -0.366 e. The van der Waals surface area contributed by atoms with E-state index in [9.17, 15) is 0 Å². The van der Waals surface area contributed by atoms with Crippen molar-refractivity contribution in [3.8, 4) is 0 Å². The van der Waals surface area contributed by atoms with Crippen LogP contribution in [0, 0.1) is 0 Å². The second kappa shape index (κ2) is 4.99. The van der Waals surface area contributed by atoms with Crippen LogP contribution >= 0.6 is 0 Å². The molecule has 0 spiro atoms. The van der Waals surface area contributed by atoms with E-state index >= 15 is 0 Å². The molecule has 1 aromatic carbocycles. The fourth-order valence-electron chi connectivity index (χ4n) is 2.12. The Hall–Kier alpha value is -1.28. The molecule has 1 N–H and O–H groups in total. The highest BCUT2D eigenvalue weighted by atomic mass is 15.2. The van der Waals surface area contributed by atoms with Crippen LogP contribution in [0.1, 0.15) is 6.42 Å². The summed E-state index contributed by atoms with van der Waals surface area (Å²) in [6, 6.07) is 11.2. The number of hydrogen-bond acceptors (Lipinski definition) is 2. The van der Waals surface area contributed by atoms with Gasteiger partial charge in [-0.25, -0.2) is 0 Å². The molecule has 1 unspecified atom stereocenters. The van der Waals surface area contributed by atoms with Crippen LogP contribution in [0.4, 0.5) is 5.69 Å². The molecule has 0 bridgehead atoms. The average molecular weight is 202 g/mol. The molecule has 1 fully saturated rings. The minimum atomic E-state index is 0.554. The van der Waals surface area contributed by atoms with E-state index in [0.29, 0.717) is 6.04 Å². The Labute approximate surface area is 91.6 Å². The second-order valence-corrected chi connectivity index (χ2v) is 3.91. The van der Waals surface area contributed by atoms with E-state index in [1.165, 1.54) is 5.69 Å². The van der Waals surface area contributed by atoms with Crippen molar-refractivity contribution in [2.45, 2.75) is 12.5 Å². The topological polar surface area (TPSA) is 15.3 Å². The fraction of sp³-hybridized carbons (Fsp3) is 0.385. The molecule has 80 valence electrons. The zero-order valence-electron chi connectivity index (χ0n) is 9.02. The zero-order chi connectivity index (χ0) is 10.5. The normalized spacial score (nSPS) is 21.3. The molecule has 0 saturated carbocycles. The van der Waals surface area contributed by atoms with Crippen LogP contribution in [0.15, 0.2) is 43.0 Å². The van der Waals surface area contributed by atoms with E-state index in [4.69, 9.17) is 0 Å². The number of nitrogens with one attached hydrogen (secondary N) is 1. The van der Waals surface area contributed by atoms with Crippen LogP contribution < -0.4 is 10.2 Å². The van der Waals surface area contributed by atoms with Crippen LogP contribution in [-0.4, -0.2) is 25.7 Å². The largest absolute Gasteiger partial charge is 0.366 e. The van der Waals surface area contributed by atoms with Gasteiger partial charge in [0.25, 0.3) is 0 Å². The van der Waals surface area contributed by atoms with E-state index in [0.717, 1.165) is 26.1 Å². The second-order valence-electron chi connectivity index (χ2n) is 3.91. The first-order valence-corrected chi connectivity index (χ1v) is 5.55. The van der Waals surface area contributed by atoms with Crippen molar-refractivity contribution in [3.63, 3.8) is 0 Å². The molecule has 1 aliphatic heterocycles. The summed E-state index contributed by atoms with van der Waals surface area (Å²) in [4.78, 5) is 2.47. The molecule has 1 saturated heterocycles. The van der Waals surface area contributed by atoms with Gasteiger partial charge in [-0.05, 0) is 18.6 Å². The van der Waals surface area contributed by atoms with Gasteiger partial charge >= 0.3 is 0 Å². The Bertz CT molecular complexity index is 308. The van der Waals surface area contributed by atoms with E-state index in [2.05, 4.69) is 47.1 Å². The summed E-state index contributed by atoms with van der Waals surface area (Å²) >= 11 is 0. The Kier molecular flexibility index (Phi) is 3.41. The molecule has 2 heteroatoms. The molecule has 0 radical (unpaired) electrons. The summed E-state index contributed by atoms with van der Waals surface area (Å²) in [7, 11) is 0. The van der Waals surface area contributed by atoms with Crippen LogP contribution in [0.2, 0.25) is 0 Å². The fourth-order valence-corrected chi connectivity index (χ4v) is 2.12. The SMILES string of the molecule is C=CCC1CNCCN1c1ccccc1. The molecular formula is C13H18N2. The van der Waals surface area contributed by atoms with Gasteiger partial charge in [-0.3, -0.25) is 0 Å². The highest BCUT2D eigenvalue weighted by Crippen LogP contribution is 2.19. The molecule has 0 amide bonds. The highest BCUT2D eigenvalue weighted by molar-refractivity contribution is 5.47. The van der Waals surface area contributed by atoms with Crippen molar-refractivity contribution < 1.29 is 0 Å². The summed E-state index contributed by atoms with van der Waals surface area (Å²) in [5, 5.41) is 3.43. The third-order valence-electron chi connectivity index (χ3n) is 2.88. The average Bonchev–Trinajstić information content (AvgIpc) is 2.31. The van der Waals surface area contributed by atoms with Gasteiger partial charge < -0.3 is 10.2 Å². The Morgan fingerprint density at radius 3 is 2.93 bits per heavy atom. The molecular weight excluding hydrogens is 184 g/mol. The summed E-state index contributed by atoms with van der Waals surface area (Å²) in [6.45, 7) is 7.04. The van der Waals surface area contributed by atoms with Gasteiger partial charge in [-0.1, -0.05) is 24.3 Å². The first kappa shape index (κ1) is 10.2. The maximum Gasteiger partial charge on any atom is 0.0449 e. The number of benzene rings is 1. The van der Waals surface area contributed by atoms with Gasteiger partial charge in [0.1, 0.15) is 0 Å². The molecule has 1 atom stereocenters. The van der Waals surface area contributed by atoms with Crippen molar-refractivity contribution in [2.24, 2.45) is 0 Å². The third kappa shape index (κ3) is 2.39. The molecule has 0 aliphatic carbocycles. The van der Waals surface area contributed by atoms with E-state index in [-0.39, 0.29) is 0 Å². The van der Waals surface area contributed by atoms with Crippen molar-refractivity contribution in [2.75, 3.05) is 24.5 Å². The van der Waals surface area contributed by atoms with Crippen molar-refractivity contribution >= 4 is 5.69 Å². The van der Waals surface area contributed by atoms with Crippen molar-refractivity contribution in [3.05, 3.63) is 43.0 Å². The first-order valence-electron chi connectivity index (χ1n) is 5.55. The van der Waals surface area contributed by atoms with Gasteiger partial charge in [0.05, 0.1) is 0 Å². The molecule has 2 nitrogen and oxygen atoms in total. The molecule has 1 aliphatic rings. The lowest BCUT2D eigenvalue weighted by molar-refractivity contribution is 0.479. The predicted octanol–water partition coefficient (Wildman–Crippen LogP) is 2.04. The van der Waals surface area contributed by atoms with Gasteiger partial charge in [0, 0.05) is 31.4 Å². The molecule has 2 rings (SSSR count). The highest BCUT2D eigenvalue weighted by Gasteiger charge is 2.20. The maximum atomic E-state index is 3.83. The van der Waals surface area contributed by atoms with Crippen molar-refractivity contribution in [1.82, 2.24) is 5.32 Å². The molecule has 15 heavy (non-hydrogen) atoms. The lowest BCUT2D eigenvalue weighted by atomic mass is 10.1. The number of piperazine rings is 1. The molecule has 0 aromatic heterocycles. The van der Waals surface area contributed by atoms with E-state index < -0.39 is 0 Å². The lowest BCUT2D eigenvalue weighted by Gasteiger charge is -2.37. The quantitative estimate of drug-likeness (QED) is 0.755. The number of nitrogens with zero attached hydrogens (tertiary/aromatic N) is 1. The van der Waals surface area contributed by atoms with Crippen LogP contribution in [-0.2, 0) is 0 Å². The molecule has 1 aromatic rings. The summed E-state index contributed by atoms with van der Waals surface area (Å²) in [5.74, 6) is 0. The number of rotatable bonds is 3. The van der Waals surface area contributed by atoms with E-state index in [1.54, 1.807) is 0 Å². The zero-order valence-corrected chi connectivity index (χ0v) is 9.02.